The third kappa shape index (κ3) is 3.34. The quantitative estimate of drug-likeness (QED) is 0.886. The van der Waals surface area contributed by atoms with Crippen LogP contribution in [0.4, 0.5) is 0 Å². The van der Waals surface area contributed by atoms with Gasteiger partial charge in [0.2, 0.25) is 10.0 Å². The van der Waals surface area contributed by atoms with Gasteiger partial charge in [-0.05, 0) is 30.7 Å². The van der Waals surface area contributed by atoms with Gasteiger partial charge in [-0.15, -0.1) is 0 Å². The summed E-state index contributed by atoms with van der Waals surface area (Å²) in [5, 5.41) is 6.27. The normalized spacial score (nSPS) is 24.5. The Labute approximate surface area is 134 Å². The van der Waals surface area contributed by atoms with E-state index in [1.165, 1.54) is 11.3 Å². The Bertz CT molecular complexity index is 601. The molecule has 1 atom stereocenters. The third-order valence-corrected chi connectivity index (χ3v) is 7.22. The predicted octanol–water partition coefficient (Wildman–Crippen LogP) is 1.06. The first-order chi connectivity index (χ1) is 10.6. The van der Waals surface area contributed by atoms with E-state index in [4.69, 9.17) is 4.74 Å². The number of carbonyl (C=O) groups is 1. The van der Waals surface area contributed by atoms with Gasteiger partial charge >= 0.3 is 0 Å². The first kappa shape index (κ1) is 15.9. The van der Waals surface area contributed by atoms with E-state index in [1.807, 2.05) is 10.8 Å². The molecule has 0 saturated carbocycles. The van der Waals surface area contributed by atoms with Crippen LogP contribution in [0.3, 0.4) is 0 Å². The highest BCUT2D eigenvalue weighted by Crippen LogP contribution is 2.22. The molecule has 0 aromatic carbocycles. The van der Waals surface area contributed by atoms with Gasteiger partial charge in [-0.3, -0.25) is 4.79 Å². The van der Waals surface area contributed by atoms with E-state index in [9.17, 15) is 13.2 Å². The summed E-state index contributed by atoms with van der Waals surface area (Å²) >= 11 is 1.49. The maximum atomic E-state index is 12.5. The molecular weight excluding hydrogens is 324 g/mol. The van der Waals surface area contributed by atoms with Gasteiger partial charge in [0.15, 0.2) is 0 Å². The summed E-state index contributed by atoms with van der Waals surface area (Å²) in [6, 6.07) is 1.83. The molecule has 1 aromatic rings. The average Bonchev–Trinajstić information content (AvgIpc) is 3.21. The van der Waals surface area contributed by atoms with Crippen molar-refractivity contribution in [2.75, 3.05) is 26.3 Å². The van der Waals surface area contributed by atoms with Crippen LogP contribution in [0.5, 0.6) is 0 Å². The second-order valence-corrected chi connectivity index (χ2v) is 8.68. The summed E-state index contributed by atoms with van der Waals surface area (Å²) < 4.78 is 31.7. The van der Waals surface area contributed by atoms with Crippen LogP contribution in [-0.4, -0.2) is 56.2 Å². The lowest BCUT2D eigenvalue weighted by atomic mass is 10.1. The van der Waals surface area contributed by atoms with Gasteiger partial charge < -0.3 is 10.1 Å². The molecule has 2 fully saturated rings. The monoisotopic (exact) mass is 344 g/mol. The second-order valence-electron chi connectivity index (χ2n) is 5.69. The van der Waals surface area contributed by atoms with Crippen molar-refractivity contribution in [3.05, 3.63) is 22.4 Å². The Morgan fingerprint density at radius 2 is 2.09 bits per heavy atom. The summed E-state index contributed by atoms with van der Waals surface area (Å²) in [4.78, 5) is 12.0. The fourth-order valence-corrected chi connectivity index (χ4v) is 5.32. The van der Waals surface area contributed by atoms with E-state index in [2.05, 4.69) is 5.32 Å². The van der Waals surface area contributed by atoms with Crippen LogP contribution in [0.15, 0.2) is 16.8 Å². The van der Waals surface area contributed by atoms with E-state index in [-0.39, 0.29) is 11.9 Å². The maximum Gasteiger partial charge on any atom is 0.252 e. The Morgan fingerprint density at radius 1 is 1.32 bits per heavy atom. The van der Waals surface area contributed by atoms with E-state index in [0.717, 1.165) is 0 Å². The van der Waals surface area contributed by atoms with Crippen LogP contribution in [0.1, 0.15) is 29.6 Å². The number of hydrogen-bond donors (Lipinski definition) is 1. The smallest absolute Gasteiger partial charge is 0.252 e. The molecule has 2 saturated heterocycles. The summed E-state index contributed by atoms with van der Waals surface area (Å²) in [6.07, 6.45) is 1.89. The number of thiophene rings is 1. The van der Waals surface area contributed by atoms with Gasteiger partial charge in [-0.25, -0.2) is 12.7 Å². The minimum Gasteiger partial charge on any atom is -0.380 e. The number of ether oxygens (including phenoxy) is 1. The highest BCUT2D eigenvalue weighted by Gasteiger charge is 2.36. The molecular formula is C14H20N2O4S2. The van der Waals surface area contributed by atoms with E-state index in [1.54, 1.807) is 10.4 Å². The van der Waals surface area contributed by atoms with E-state index < -0.39 is 15.3 Å². The molecule has 3 heterocycles. The molecule has 6 nitrogen and oxygen atoms in total. The zero-order chi connectivity index (χ0) is 15.6. The fraction of sp³-hybridized carbons (Fsp3) is 0.643. The number of nitrogens with zero attached hydrogens (tertiary/aromatic N) is 1. The number of carbonyl (C=O) groups excluding carboxylic acids is 1. The van der Waals surface area contributed by atoms with Crippen molar-refractivity contribution in [2.45, 2.75) is 30.6 Å². The SMILES string of the molecule is O=C(NC1CCN(S(=O)(=O)C2CCOC2)CC1)c1ccsc1. The average molecular weight is 344 g/mol. The van der Waals surface area contributed by atoms with Crippen molar-refractivity contribution in [3.63, 3.8) is 0 Å². The van der Waals surface area contributed by atoms with E-state index in [0.29, 0.717) is 51.1 Å². The molecule has 2 aliphatic heterocycles. The highest BCUT2D eigenvalue weighted by molar-refractivity contribution is 7.89. The van der Waals surface area contributed by atoms with E-state index >= 15 is 0 Å². The largest absolute Gasteiger partial charge is 0.380 e. The molecule has 0 radical (unpaired) electrons. The van der Waals surface area contributed by atoms with Gasteiger partial charge in [0.25, 0.3) is 5.91 Å². The van der Waals surface area contributed by atoms with Crippen LogP contribution >= 0.6 is 11.3 Å². The molecule has 1 aromatic heterocycles. The Kier molecular flexibility index (Phi) is 4.82. The topological polar surface area (TPSA) is 75.7 Å². The van der Waals surface area contributed by atoms with Crippen LogP contribution in [0.2, 0.25) is 0 Å². The molecule has 3 rings (SSSR count). The lowest BCUT2D eigenvalue weighted by molar-refractivity contribution is 0.0924. The molecule has 0 bridgehead atoms. The minimum absolute atomic E-state index is 0.0404. The molecule has 1 unspecified atom stereocenters. The number of amides is 1. The van der Waals surface area contributed by atoms with Crippen LogP contribution in [0.25, 0.3) is 0 Å². The molecule has 1 N–H and O–H groups in total. The zero-order valence-electron chi connectivity index (χ0n) is 12.2. The number of rotatable bonds is 4. The Balaban J connectivity index is 1.53. The molecule has 1 amide bonds. The second kappa shape index (κ2) is 6.66. The summed E-state index contributed by atoms with van der Waals surface area (Å²) in [5.74, 6) is -0.0771. The van der Waals surface area contributed by atoms with Gasteiger partial charge in [0, 0.05) is 36.7 Å². The molecule has 2 aliphatic rings. The van der Waals surface area contributed by atoms with Gasteiger partial charge in [-0.1, -0.05) is 0 Å². The van der Waals surface area contributed by atoms with Crippen LogP contribution < -0.4 is 5.32 Å². The number of sulfonamides is 1. The standard InChI is InChI=1S/C14H20N2O4S2/c17-14(11-4-8-21-10-11)15-12-1-5-16(6-2-12)22(18,19)13-3-7-20-9-13/h4,8,10,12-13H,1-3,5-7,9H2,(H,15,17). The zero-order valence-corrected chi connectivity index (χ0v) is 13.9. The maximum absolute atomic E-state index is 12.5. The van der Waals surface area contributed by atoms with Crippen molar-refractivity contribution >= 4 is 27.3 Å². The van der Waals surface area contributed by atoms with Crippen molar-refractivity contribution in [3.8, 4) is 0 Å². The predicted molar refractivity (Wildman–Crippen MR) is 84.5 cm³/mol. The van der Waals surface area contributed by atoms with Gasteiger partial charge in [0.1, 0.15) is 5.25 Å². The summed E-state index contributed by atoms with van der Waals surface area (Å²) in [7, 11) is -3.26. The van der Waals surface area contributed by atoms with Crippen molar-refractivity contribution < 1.29 is 17.9 Å². The first-order valence-electron chi connectivity index (χ1n) is 7.47. The summed E-state index contributed by atoms with van der Waals surface area (Å²) in [5.41, 5.74) is 0.670. The van der Waals surface area contributed by atoms with Crippen molar-refractivity contribution in [2.24, 2.45) is 0 Å². The first-order valence-corrected chi connectivity index (χ1v) is 9.92. The van der Waals surface area contributed by atoms with Crippen molar-refractivity contribution in [1.82, 2.24) is 9.62 Å². The van der Waals surface area contributed by atoms with Crippen molar-refractivity contribution in [1.29, 1.82) is 0 Å². The van der Waals surface area contributed by atoms with Gasteiger partial charge in [-0.2, -0.15) is 11.3 Å². The van der Waals surface area contributed by atoms with Crippen LogP contribution in [-0.2, 0) is 14.8 Å². The molecule has 0 spiro atoms. The Hall–Kier alpha value is -0.960. The highest BCUT2D eigenvalue weighted by atomic mass is 32.2. The van der Waals surface area contributed by atoms with Crippen LogP contribution in [0, 0.1) is 0 Å². The molecule has 0 aliphatic carbocycles. The number of piperidine rings is 1. The lowest BCUT2D eigenvalue weighted by Gasteiger charge is -2.33. The summed E-state index contributed by atoms with van der Waals surface area (Å²) in [6.45, 7) is 1.76. The minimum atomic E-state index is -3.26. The third-order valence-electron chi connectivity index (χ3n) is 4.24. The van der Waals surface area contributed by atoms with Gasteiger partial charge in [0.05, 0.1) is 6.61 Å². The number of nitrogens with one attached hydrogen (secondary N) is 1. The lowest BCUT2D eigenvalue weighted by Crippen LogP contribution is -2.48. The molecule has 8 heteroatoms. The number of hydrogen-bond acceptors (Lipinski definition) is 5. The molecule has 122 valence electrons. The molecule has 22 heavy (non-hydrogen) atoms. The Morgan fingerprint density at radius 3 is 2.68 bits per heavy atom. The fourth-order valence-electron chi connectivity index (χ4n) is 2.88.